The van der Waals surface area contributed by atoms with Gasteiger partial charge in [0.05, 0.1) is 0 Å². The molecule has 0 aromatic heterocycles. The average Bonchev–Trinajstić information content (AvgIpc) is 2.87. The molecule has 44 heavy (non-hydrogen) atoms. The molecule has 0 radical (unpaired) electrons. The molecule has 0 unspecified atom stereocenters. The first-order chi connectivity index (χ1) is 20.3. The quantitative estimate of drug-likeness (QED) is 0.0408. The van der Waals surface area contributed by atoms with Crippen molar-refractivity contribution < 1.29 is 14.3 Å². The van der Waals surface area contributed by atoms with Crippen LogP contribution in [-0.4, -0.2) is 63.3 Å². The molecule has 0 amide bonds. The Bertz CT molecular complexity index is 717. The Morgan fingerprint density at radius 1 is 0.455 bits per heavy atom. The van der Waals surface area contributed by atoms with Gasteiger partial charge in [0.2, 0.25) is 0 Å². The summed E-state index contributed by atoms with van der Waals surface area (Å²) in [5.74, 6) is 3.66. The van der Waals surface area contributed by atoms with Crippen molar-refractivity contribution in [2.75, 3.05) is 0 Å². The van der Waals surface area contributed by atoms with Crippen LogP contribution >= 0.6 is 0 Å². The minimum atomic E-state index is -0.543. The summed E-state index contributed by atoms with van der Waals surface area (Å²) in [4.78, 5) is 24.5. The number of hydrogen-bond acceptors (Lipinski definition) is 3. The third kappa shape index (κ3) is 30.9. The van der Waals surface area contributed by atoms with Gasteiger partial charge in [0.1, 0.15) is 0 Å². The van der Waals surface area contributed by atoms with Crippen LogP contribution in [0.15, 0.2) is 23.3 Å². The molecule has 4 heteroatoms. The van der Waals surface area contributed by atoms with Crippen LogP contribution < -0.4 is 0 Å². The van der Waals surface area contributed by atoms with Gasteiger partial charge in [-0.2, -0.15) is 0 Å². The molecule has 0 spiro atoms. The zero-order valence-electron chi connectivity index (χ0n) is 30.6. The molecular weight excluding hydrogens is 568 g/mol. The topological polar surface area (TPSA) is 43.4 Å². The maximum absolute atomic E-state index is 12.3. The van der Waals surface area contributed by atoms with Crippen LogP contribution in [0, 0.1) is 35.5 Å². The van der Waals surface area contributed by atoms with Crippen molar-refractivity contribution in [1.29, 1.82) is 0 Å². The first kappa shape index (κ1) is 46.4. The minimum absolute atomic E-state index is 0. The van der Waals surface area contributed by atoms with Crippen molar-refractivity contribution in [1.82, 2.24) is 0 Å². The van der Waals surface area contributed by atoms with E-state index in [4.69, 9.17) is 4.74 Å². The molecule has 0 saturated heterocycles. The summed E-state index contributed by atoms with van der Waals surface area (Å²) >= 11 is 0. The van der Waals surface area contributed by atoms with Crippen LogP contribution in [0.3, 0.4) is 0 Å². The molecule has 4 atom stereocenters. The fourth-order valence-electron chi connectivity index (χ4n) is 6.12. The monoisotopic (exact) mass is 643 g/mol. The zero-order valence-corrected chi connectivity index (χ0v) is 30.6. The van der Waals surface area contributed by atoms with Gasteiger partial charge < -0.3 is 4.74 Å². The summed E-state index contributed by atoms with van der Waals surface area (Å²) < 4.78 is 5.05. The van der Waals surface area contributed by atoms with Crippen LogP contribution in [0.4, 0.5) is 0 Å². The van der Waals surface area contributed by atoms with E-state index in [9.17, 15) is 9.59 Å². The van der Waals surface area contributed by atoms with Crippen molar-refractivity contribution in [3.8, 4) is 0 Å². The number of ether oxygens (including phenoxy) is 1. The number of esters is 2. The van der Waals surface area contributed by atoms with Gasteiger partial charge in [0.15, 0.2) is 0 Å². The summed E-state index contributed by atoms with van der Waals surface area (Å²) in [6.07, 6.45) is 25.3. The summed E-state index contributed by atoms with van der Waals surface area (Å²) in [6, 6.07) is 0. The van der Waals surface area contributed by atoms with Gasteiger partial charge in [0, 0.05) is 12.2 Å². The van der Waals surface area contributed by atoms with E-state index in [0.717, 1.165) is 60.5 Å². The Kier molecular flexibility index (Phi) is 31.0. The Balaban J connectivity index is 0. The molecule has 0 heterocycles. The number of hydrogen-bond donors (Lipinski definition) is 0. The van der Waals surface area contributed by atoms with E-state index in [0.29, 0.717) is 11.8 Å². The third-order valence-electron chi connectivity index (χ3n) is 9.21. The number of rotatable bonds is 26. The van der Waals surface area contributed by atoms with Crippen LogP contribution in [0.1, 0.15) is 185 Å². The molecule has 0 aliphatic rings. The molecule has 3 nitrogen and oxygen atoms in total. The van der Waals surface area contributed by atoms with E-state index >= 15 is 0 Å². The molecule has 254 valence electrons. The third-order valence-corrected chi connectivity index (χ3v) is 9.21. The van der Waals surface area contributed by atoms with E-state index < -0.39 is 11.9 Å². The molecular formula is C40H75KO3. The Morgan fingerprint density at radius 2 is 0.705 bits per heavy atom. The van der Waals surface area contributed by atoms with Crippen molar-refractivity contribution in [3.05, 3.63) is 23.3 Å². The molecule has 0 aromatic rings. The van der Waals surface area contributed by atoms with Crippen molar-refractivity contribution in [2.24, 2.45) is 35.5 Å². The normalized spacial score (nSPS) is 15.2. The fraction of sp³-hybridized carbons (Fsp3) is 0.850. The standard InChI is InChI=1S/C40H74O3.K.H/c1-31(2)17-11-19-33(5)21-13-23-35(7)25-15-27-37(9)29-39(41)43-40(42)30-38(10)28-16-26-36(8)24-14-22-34(6)20-12-18-32(3)4;;/h29-36H,11-28H2,1-10H3;;/b37-29+,38-30+;;/t33-,34-,35-,36-;;/m1../s1. The maximum atomic E-state index is 12.3. The Hall–Kier alpha value is 0.256. The predicted octanol–water partition coefficient (Wildman–Crippen LogP) is 12.2. The molecule has 0 aliphatic heterocycles. The van der Waals surface area contributed by atoms with Crippen LogP contribution in [0.5, 0.6) is 0 Å². The first-order valence-corrected chi connectivity index (χ1v) is 18.4. The van der Waals surface area contributed by atoms with Crippen LogP contribution in [-0.2, 0) is 14.3 Å². The zero-order chi connectivity index (χ0) is 32.6. The van der Waals surface area contributed by atoms with Gasteiger partial charge in [0.25, 0.3) is 0 Å². The van der Waals surface area contributed by atoms with E-state index in [-0.39, 0.29) is 51.4 Å². The molecule has 0 fully saturated rings. The van der Waals surface area contributed by atoms with Gasteiger partial charge in [-0.3, -0.25) is 0 Å². The van der Waals surface area contributed by atoms with Crippen molar-refractivity contribution in [2.45, 2.75) is 185 Å². The second-order valence-electron chi connectivity index (χ2n) is 15.4. The molecule has 0 bridgehead atoms. The molecule has 0 aliphatic carbocycles. The molecule has 0 N–H and O–H groups in total. The van der Waals surface area contributed by atoms with E-state index in [1.807, 2.05) is 13.8 Å². The summed E-state index contributed by atoms with van der Waals surface area (Å²) in [5, 5.41) is 0. The summed E-state index contributed by atoms with van der Waals surface area (Å²) in [5.41, 5.74) is 1.98. The molecule has 0 aromatic carbocycles. The van der Waals surface area contributed by atoms with Gasteiger partial charge in [-0.15, -0.1) is 0 Å². The van der Waals surface area contributed by atoms with Crippen LogP contribution in [0.2, 0.25) is 0 Å². The SMILES string of the molecule is C/C(=C\C(=O)OC(=O)/C=C(\C)CCC[C@H](C)CCC[C@H](C)CCCC(C)C)CCC[C@H](C)CCC[C@H](C)CCCC(C)C.[KH]. The Labute approximate surface area is 318 Å². The second-order valence-corrected chi connectivity index (χ2v) is 15.4. The first-order valence-electron chi connectivity index (χ1n) is 18.4. The fourth-order valence-corrected chi connectivity index (χ4v) is 6.12. The van der Waals surface area contributed by atoms with Gasteiger partial charge >= 0.3 is 63.3 Å². The van der Waals surface area contributed by atoms with E-state index in [1.54, 1.807) is 0 Å². The van der Waals surface area contributed by atoms with Crippen molar-refractivity contribution >= 4 is 63.3 Å². The van der Waals surface area contributed by atoms with Crippen LogP contribution in [0.25, 0.3) is 0 Å². The molecule has 0 rings (SSSR count). The Morgan fingerprint density at radius 3 is 0.977 bits per heavy atom. The number of carbonyl (C=O) groups excluding carboxylic acids is 2. The number of allylic oxidation sites excluding steroid dienone is 2. The molecule has 0 saturated carbocycles. The van der Waals surface area contributed by atoms with Gasteiger partial charge in [-0.1, -0.05) is 156 Å². The van der Waals surface area contributed by atoms with E-state index in [2.05, 4.69) is 55.4 Å². The van der Waals surface area contributed by atoms with E-state index in [1.165, 1.54) is 102 Å². The van der Waals surface area contributed by atoms with Gasteiger partial charge in [-0.05, 0) is 75.0 Å². The van der Waals surface area contributed by atoms with Crippen molar-refractivity contribution in [3.63, 3.8) is 0 Å². The second kappa shape index (κ2) is 29.4. The number of carbonyl (C=O) groups is 2. The summed E-state index contributed by atoms with van der Waals surface area (Å²) in [7, 11) is 0. The summed E-state index contributed by atoms with van der Waals surface area (Å²) in [6.45, 7) is 22.7. The average molecular weight is 643 g/mol. The van der Waals surface area contributed by atoms with Gasteiger partial charge in [-0.25, -0.2) is 9.59 Å². The predicted molar refractivity (Wildman–Crippen MR) is 195 cm³/mol.